The first-order valence-electron chi connectivity index (χ1n) is 18.8. The molecule has 4 aromatic rings. The number of amides is 1. The van der Waals surface area contributed by atoms with E-state index in [1.165, 1.54) is 11.8 Å². The van der Waals surface area contributed by atoms with Crippen molar-refractivity contribution in [3.63, 3.8) is 0 Å². The molecule has 4 aromatic carbocycles. The second kappa shape index (κ2) is 14.1. The predicted molar refractivity (Wildman–Crippen MR) is 222 cm³/mol. The van der Waals surface area contributed by atoms with E-state index in [-0.39, 0.29) is 44.1 Å². The number of nitrogens with zero attached hydrogens (tertiary/aromatic N) is 1. The smallest absolute Gasteiger partial charge is 0.285 e. The molecule has 0 atom stereocenters. The molecule has 6 heteroatoms. The number of carbonyl (C=O) groups is 1. The summed E-state index contributed by atoms with van der Waals surface area (Å²) in [5.74, 6) is 0.611. The zero-order valence-corrected chi connectivity index (χ0v) is 35.4. The fraction of sp³-hybridized carbons (Fsp3) is 0.468. The van der Waals surface area contributed by atoms with Gasteiger partial charge in [-0.05, 0) is 100 Å². The van der Waals surface area contributed by atoms with Crippen LogP contribution in [0.1, 0.15) is 150 Å². The molecule has 1 aliphatic rings. The molecule has 0 saturated carbocycles. The van der Waals surface area contributed by atoms with E-state index >= 15 is 0 Å². The van der Waals surface area contributed by atoms with E-state index in [0.717, 1.165) is 71.7 Å². The van der Waals surface area contributed by atoms with Crippen LogP contribution in [0, 0.1) is 0 Å². The van der Waals surface area contributed by atoms with Crippen molar-refractivity contribution in [3.8, 4) is 17.2 Å². The summed E-state index contributed by atoms with van der Waals surface area (Å²) >= 11 is 1.21. The number of hydrogen-bond donors (Lipinski definition) is 3. The summed E-state index contributed by atoms with van der Waals surface area (Å²) in [6.45, 7) is 26.1. The van der Waals surface area contributed by atoms with Crippen LogP contribution in [0.2, 0.25) is 0 Å². The fourth-order valence-electron chi connectivity index (χ4n) is 6.97. The molecule has 1 amide bonds. The van der Waals surface area contributed by atoms with E-state index < -0.39 is 0 Å². The lowest BCUT2D eigenvalue weighted by molar-refractivity contribution is 0.241. The molecule has 53 heavy (non-hydrogen) atoms. The van der Waals surface area contributed by atoms with Gasteiger partial charge in [-0.15, -0.1) is 0 Å². The molecular formula is C47H61NO4S. The highest BCUT2D eigenvalue weighted by Crippen LogP contribution is 2.43. The lowest BCUT2D eigenvalue weighted by atomic mass is 9.79. The molecular weight excluding hydrogens is 675 g/mol. The van der Waals surface area contributed by atoms with E-state index in [1.807, 2.05) is 0 Å². The van der Waals surface area contributed by atoms with E-state index in [0.29, 0.717) is 25.7 Å². The minimum absolute atomic E-state index is 0.0873. The minimum atomic E-state index is -0.208. The summed E-state index contributed by atoms with van der Waals surface area (Å²) in [6.07, 6.45) is 1.47. The van der Waals surface area contributed by atoms with Crippen molar-refractivity contribution >= 4 is 17.0 Å². The van der Waals surface area contributed by atoms with Crippen molar-refractivity contribution in [2.45, 2.75) is 135 Å². The molecule has 8 bridgehead atoms. The van der Waals surface area contributed by atoms with E-state index in [2.05, 4.69) is 132 Å². The van der Waals surface area contributed by atoms with Gasteiger partial charge in [0.1, 0.15) is 17.2 Å². The van der Waals surface area contributed by atoms with Crippen molar-refractivity contribution < 1.29 is 20.1 Å². The number of aromatic hydroxyl groups is 3. The molecule has 3 N–H and O–H groups in total. The molecule has 0 radical (unpaired) electrons. The Hall–Kier alpha value is -3.90. The molecule has 0 heterocycles. The van der Waals surface area contributed by atoms with Gasteiger partial charge in [-0.25, -0.2) is 0 Å². The third-order valence-corrected chi connectivity index (χ3v) is 11.9. The summed E-state index contributed by atoms with van der Waals surface area (Å²) in [6, 6.07) is 16.9. The van der Waals surface area contributed by atoms with Crippen molar-refractivity contribution in [3.05, 3.63) is 115 Å². The van der Waals surface area contributed by atoms with Crippen LogP contribution in [-0.4, -0.2) is 39.6 Å². The maximum Gasteiger partial charge on any atom is 0.285 e. The van der Waals surface area contributed by atoms with Gasteiger partial charge in [0.05, 0.1) is 0 Å². The van der Waals surface area contributed by atoms with Gasteiger partial charge in [0.15, 0.2) is 0 Å². The van der Waals surface area contributed by atoms with Crippen molar-refractivity contribution in [1.29, 1.82) is 0 Å². The van der Waals surface area contributed by atoms with Gasteiger partial charge in [0.25, 0.3) is 5.24 Å². The van der Waals surface area contributed by atoms with Crippen LogP contribution in [0.15, 0.2) is 53.4 Å². The normalized spacial score (nSPS) is 13.9. The topological polar surface area (TPSA) is 81.0 Å². The first-order chi connectivity index (χ1) is 24.2. The highest BCUT2D eigenvalue weighted by molar-refractivity contribution is 8.13. The Labute approximate surface area is 322 Å². The zero-order chi connectivity index (χ0) is 39.6. The standard InChI is InChI=1S/C47H61NO4S/c1-44(2,3)35-19-27-15-29-21-36(45(4,5)6)23-31(40(29)50)17-33-25-38(47(10,11)12)26-34(42(33)53-43(52)48(13)14)18-32-24-37(46(7,8)9)22-30(41(32)51)16-28(20-35)39(27)49/h19-26,49-51H,15-18H2,1-14H3. The third-order valence-electron chi connectivity index (χ3n) is 10.6. The molecule has 0 spiro atoms. The number of hydrogen-bond acceptors (Lipinski definition) is 5. The van der Waals surface area contributed by atoms with Gasteiger partial charge in [-0.3, -0.25) is 4.79 Å². The number of phenolic OH excluding ortho intramolecular Hbond substituents is 3. The third kappa shape index (κ3) is 8.75. The fourth-order valence-corrected chi connectivity index (χ4v) is 7.85. The lowest BCUT2D eigenvalue weighted by Gasteiger charge is -2.27. The van der Waals surface area contributed by atoms with Crippen molar-refractivity contribution in [2.75, 3.05) is 14.1 Å². The van der Waals surface area contributed by atoms with Crippen LogP contribution >= 0.6 is 11.8 Å². The summed E-state index contributed by atoms with van der Waals surface area (Å²) < 4.78 is 0. The van der Waals surface area contributed by atoms with Crippen LogP contribution < -0.4 is 0 Å². The number of thioether (sulfide) groups is 1. The summed E-state index contributed by atoms with van der Waals surface area (Å²) in [5.41, 5.74) is 10.0. The molecule has 0 saturated heterocycles. The highest BCUT2D eigenvalue weighted by atomic mass is 32.2. The quantitative estimate of drug-likeness (QED) is 0.149. The SMILES string of the molecule is CN(C)C(=O)Sc1c2cc(C(C)(C)C)cc1Cc1cc(C(C)(C)C)cc(c1O)Cc1cc(C(C)(C)C)cc(c1O)Cc1cc(C(C)(C)C)cc(c1O)C2. The largest absolute Gasteiger partial charge is 0.507 e. The molecule has 0 aromatic heterocycles. The van der Waals surface area contributed by atoms with Crippen molar-refractivity contribution in [1.82, 2.24) is 4.90 Å². The number of phenols is 3. The van der Waals surface area contributed by atoms with Crippen LogP contribution in [-0.2, 0) is 47.3 Å². The lowest BCUT2D eigenvalue weighted by Crippen LogP contribution is -2.18. The molecule has 0 unspecified atom stereocenters. The molecule has 0 fully saturated rings. The second-order valence-corrected chi connectivity index (χ2v) is 20.5. The summed E-state index contributed by atoms with van der Waals surface area (Å²) in [7, 11) is 3.53. The summed E-state index contributed by atoms with van der Waals surface area (Å²) in [4.78, 5) is 16.0. The Morgan fingerprint density at radius 3 is 0.868 bits per heavy atom. The monoisotopic (exact) mass is 735 g/mol. The first kappa shape index (κ1) is 40.3. The average Bonchev–Trinajstić information content (AvgIpc) is 3.01. The molecule has 0 aliphatic heterocycles. The van der Waals surface area contributed by atoms with Crippen LogP contribution in [0.5, 0.6) is 17.2 Å². The Morgan fingerprint density at radius 2 is 0.660 bits per heavy atom. The van der Waals surface area contributed by atoms with Gasteiger partial charge in [0, 0.05) is 44.7 Å². The Bertz CT molecular complexity index is 1950. The number of carbonyl (C=O) groups excluding carboxylic acids is 1. The van der Waals surface area contributed by atoms with Crippen LogP contribution in [0.25, 0.3) is 0 Å². The van der Waals surface area contributed by atoms with E-state index in [9.17, 15) is 20.1 Å². The Kier molecular flexibility index (Phi) is 10.7. The van der Waals surface area contributed by atoms with Gasteiger partial charge in [-0.2, -0.15) is 0 Å². The molecule has 5 rings (SSSR count). The number of rotatable bonds is 1. The highest BCUT2D eigenvalue weighted by Gasteiger charge is 2.28. The Morgan fingerprint density at radius 1 is 0.453 bits per heavy atom. The average molecular weight is 736 g/mol. The second-order valence-electron chi connectivity index (χ2n) is 19.5. The van der Waals surface area contributed by atoms with Gasteiger partial charge in [-0.1, -0.05) is 132 Å². The number of benzene rings is 4. The van der Waals surface area contributed by atoms with E-state index in [4.69, 9.17) is 0 Å². The molecule has 5 nitrogen and oxygen atoms in total. The maximum absolute atomic E-state index is 13.5. The number of fused-ring (bicyclic) bond motifs is 8. The zero-order valence-electron chi connectivity index (χ0n) is 34.6. The predicted octanol–water partition coefficient (Wildman–Crippen LogP) is 11.4. The van der Waals surface area contributed by atoms with Gasteiger partial charge < -0.3 is 20.2 Å². The maximum atomic E-state index is 13.5. The van der Waals surface area contributed by atoms with Gasteiger partial charge in [0.2, 0.25) is 0 Å². The van der Waals surface area contributed by atoms with Gasteiger partial charge >= 0.3 is 0 Å². The van der Waals surface area contributed by atoms with Crippen LogP contribution in [0.3, 0.4) is 0 Å². The van der Waals surface area contributed by atoms with Crippen LogP contribution in [0.4, 0.5) is 4.79 Å². The first-order valence-corrected chi connectivity index (χ1v) is 19.7. The Balaban J connectivity index is 1.94. The van der Waals surface area contributed by atoms with Crippen molar-refractivity contribution in [2.24, 2.45) is 0 Å². The molecule has 1 aliphatic carbocycles. The van der Waals surface area contributed by atoms with E-state index in [1.54, 1.807) is 19.0 Å². The molecule has 284 valence electrons. The summed E-state index contributed by atoms with van der Waals surface area (Å²) in [5, 5.41) is 36.3. The minimum Gasteiger partial charge on any atom is -0.507 e.